The molecule has 3 aromatic carbocycles. The van der Waals surface area contributed by atoms with Gasteiger partial charge in [-0.2, -0.15) is 0 Å². The zero-order chi connectivity index (χ0) is 20.1. The Kier molecular flexibility index (Phi) is 5.69. The third-order valence-corrected chi connectivity index (χ3v) is 4.17. The van der Waals surface area contributed by atoms with Crippen molar-refractivity contribution in [3.8, 4) is 5.75 Å². The third kappa shape index (κ3) is 4.92. The van der Waals surface area contributed by atoms with Gasteiger partial charge in [0.15, 0.2) is 0 Å². The average Bonchev–Trinajstić information content (AvgIpc) is 2.66. The quantitative estimate of drug-likeness (QED) is 0.575. The molecule has 3 rings (SSSR count). The lowest BCUT2D eigenvalue weighted by Gasteiger charge is -2.25. The van der Waals surface area contributed by atoms with Crippen molar-refractivity contribution >= 4 is 11.7 Å². The van der Waals surface area contributed by atoms with Gasteiger partial charge in [-0.3, -0.25) is 0 Å². The Morgan fingerprint density at radius 3 is 2.21 bits per heavy atom. The van der Waals surface area contributed by atoms with Crippen LogP contribution in [0.4, 0.5) is 5.69 Å². The Morgan fingerprint density at radius 2 is 1.54 bits per heavy atom. The number of aromatic carboxylic acids is 1. The van der Waals surface area contributed by atoms with Crippen LogP contribution in [0.2, 0.25) is 0 Å². The summed E-state index contributed by atoms with van der Waals surface area (Å²) in [6.07, 6.45) is -0.427. The fourth-order valence-electron chi connectivity index (χ4n) is 3.04. The van der Waals surface area contributed by atoms with E-state index < -0.39 is 12.1 Å². The summed E-state index contributed by atoms with van der Waals surface area (Å²) in [5.41, 5.74) is 2.96. The van der Waals surface area contributed by atoms with Gasteiger partial charge >= 0.3 is 5.97 Å². The van der Waals surface area contributed by atoms with E-state index in [0.717, 1.165) is 16.8 Å². The number of nitrogens with one attached hydrogen (secondary N) is 1. The van der Waals surface area contributed by atoms with Gasteiger partial charge in [0, 0.05) is 11.2 Å². The molecule has 4 nitrogen and oxygen atoms in total. The Morgan fingerprint density at radius 1 is 0.893 bits per heavy atom. The summed E-state index contributed by atoms with van der Waals surface area (Å²) in [5.74, 6) is -0.663. The molecule has 28 heavy (non-hydrogen) atoms. The standard InChI is InChI=1S/C24H25NO3/c1-24(2,3)25-19-13-9-12-18(16-19)22(17-10-5-4-6-11-17)28-21-15-8-7-14-20(21)23(26)27/h4-16,22,25H,1-3H3,(H,26,27). The van der Waals surface area contributed by atoms with Gasteiger partial charge in [0.25, 0.3) is 0 Å². The number of rotatable bonds is 6. The number of carbonyl (C=O) groups is 1. The molecule has 0 aliphatic heterocycles. The number of anilines is 1. The monoisotopic (exact) mass is 375 g/mol. The largest absolute Gasteiger partial charge is 0.480 e. The summed E-state index contributed by atoms with van der Waals surface area (Å²) in [5, 5.41) is 13.0. The fraction of sp³-hybridized carbons (Fsp3) is 0.208. The molecule has 0 spiro atoms. The van der Waals surface area contributed by atoms with Crippen molar-refractivity contribution in [3.05, 3.63) is 95.6 Å². The van der Waals surface area contributed by atoms with Crippen molar-refractivity contribution in [1.29, 1.82) is 0 Å². The molecule has 144 valence electrons. The molecule has 0 heterocycles. The van der Waals surface area contributed by atoms with Gasteiger partial charge in [-0.1, -0.05) is 54.6 Å². The molecule has 1 atom stereocenters. The number of para-hydroxylation sites is 1. The van der Waals surface area contributed by atoms with Gasteiger partial charge in [0.05, 0.1) is 0 Å². The van der Waals surface area contributed by atoms with Crippen molar-refractivity contribution in [3.63, 3.8) is 0 Å². The Balaban J connectivity index is 2.02. The molecule has 0 saturated heterocycles. The second-order valence-electron chi connectivity index (χ2n) is 7.71. The highest BCUT2D eigenvalue weighted by molar-refractivity contribution is 5.90. The highest BCUT2D eigenvalue weighted by atomic mass is 16.5. The van der Waals surface area contributed by atoms with E-state index in [1.54, 1.807) is 24.3 Å². The molecule has 3 aromatic rings. The van der Waals surface area contributed by atoms with Crippen molar-refractivity contribution in [2.45, 2.75) is 32.4 Å². The lowest BCUT2D eigenvalue weighted by Crippen LogP contribution is -2.26. The topological polar surface area (TPSA) is 58.6 Å². The van der Waals surface area contributed by atoms with E-state index in [9.17, 15) is 9.90 Å². The summed E-state index contributed by atoms with van der Waals surface area (Å²) in [6.45, 7) is 6.32. The summed E-state index contributed by atoms with van der Waals surface area (Å²) in [4.78, 5) is 11.6. The first kappa shape index (κ1) is 19.5. The van der Waals surface area contributed by atoms with E-state index in [-0.39, 0.29) is 11.1 Å². The van der Waals surface area contributed by atoms with Crippen LogP contribution in [0.15, 0.2) is 78.9 Å². The first-order chi connectivity index (χ1) is 13.3. The number of hydrogen-bond donors (Lipinski definition) is 2. The van der Waals surface area contributed by atoms with Crippen LogP contribution in [0.1, 0.15) is 48.4 Å². The molecule has 0 aromatic heterocycles. The zero-order valence-corrected chi connectivity index (χ0v) is 16.3. The predicted octanol–water partition coefficient (Wildman–Crippen LogP) is 5.76. The minimum atomic E-state index is -1.01. The number of ether oxygens (including phenoxy) is 1. The molecule has 0 fully saturated rings. The Hall–Kier alpha value is -3.27. The van der Waals surface area contributed by atoms with E-state index in [2.05, 4.69) is 26.1 Å². The number of carboxylic acid groups (broad SMARTS) is 1. The van der Waals surface area contributed by atoms with E-state index in [4.69, 9.17) is 4.74 Å². The molecule has 0 aliphatic carbocycles. The first-order valence-electron chi connectivity index (χ1n) is 9.25. The van der Waals surface area contributed by atoms with Crippen LogP contribution < -0.4 is 10.1 Å². The highest BCUT2D eigenvalue weighted by Crippen LogP contribution is 2.32. The van der Waals surface area contributed by atoms with E-state index in [1.165, 1.54) is 0 Å². The highest BCUT2D eigenvalue weighted by Gasteiger charge is 2.20. The van der Waals surface area contributed by atoms with Crippen molar-refractivity contribution < 1.29 is 14.6 Å². The van der Waals surface area contributed by atoms with Gasteiger partial charge in [-0.25, -0.2) is 4.79 Å². The van der Waals surface area contributed by atoms with Crippen molar-refractivity contribution in [1.82, 2.24) is 0 Å². The molecule has 0 radical (unpaired) electrons. The lowest BCUT2D eigenvalue weighted by atomic mass is 10.00. The minimum Gasteiger partial charge on any atom is -0.480 e. The Labute approximate surface area is 165 Å². The van der Waals surface area contributed by atoms with Crippen LogP contribution in [-0.4, -0.2) is 16.6 Å². The SMILES string of the molecule is CC(C)(C)Nc1cccc(C(Oc2ccccc2C(=O)O)c2ccccc2)c1. The van der Waals surface area contributed by atoms with E-state index in [1.807, 2.05) is 54.6 Å². The van der Waals surface area contributed by atoms with Gasteiger partial charge in [-0.05, 0) is 56.2 Å². The van der Waals surface area contributed by atoms with Crippen LogP contribution in [0, 0.1) is 0 Å². The van der Waals surface area contributed by atoms with Crippen molar-refractivity contribution in [2.75, 3.05) is 5.32 Å². The molecule has 0 amide bonds. The van der Waals surface area contributed by atoms with Gasteiger partial charge in [-0.15, -0.1) is 0 Å². The van der Waals surface area contributed by atoms with Crippen molar-refractivity contribution in [2.24, 2.45) is 0 Å². The number of hydrogen-bond acceptors (Lipinski definition) is 3. The lowest BCUT2D eigenvalue weighted by molar-refractivity contribution is 0.0690. The minimum absolute atomic E-state index is 0.0718. The fourth-order valence-corrected chi connectivity index (χ4v) is 3.04. The van der Waals surface area contributed by atoms with Crippen LogP contribution in [0.25, 0.3) is 0 Å². The van der Waals surface area contributed by atoms with Crippen LogP contribution in [0.5, 0.6) is 5.75 Å². The molecular weight excluding hydrogens is 350 g/mol. The van der Waals surface area contributed by atoms with Gasteiger partial charge < -0.3 is 15.2 Å². The average molecular weight is 375 g/mol. The summed E-state index contributed by atoms with van der Waals surface area (Å²) >= 11 is 0. The van der Waals surface area contributed by atoms with Crippen LogP contribution in [0.3, 0.4) is 0 Å². The second-order valence-corrected chi connectivity index (χ2v) is 7.71. The molecule has 4 heteroatoms. The first-order valence-corrected chi connectivity index (χ1v) is 9.25. The smallest absolute Gasteiger partial charge is 0.339 e. The summed E-state index contributed by atoms with van der Waals surface area (Å²) in [7, 11) is 0. The molecule has 0 bridgehead atoms. The number of carboxylic acids is 1. The summed E-state index contributed by atoms with van der Waals surface area (Å²) in [6, 6.07) is 24.6. The van der Waals surface area contributed by atoms with Gasteiger partial charge in [0.2, 0.25) is 0 Å². The second kappa shape index (κ2) is 8.17. The van der Waals surface area contributed by atoms with Gasteiger partial charge in [0.1, 0.15) is 17.4 Å². The molecule has 2 N–H and O–H groups in total. The molecule has 0 saturated carbocycles. The normalized spacial score (nSPS) is 12.2. The maximum Gasteiger partial charge on any atom is 0.339 e. The van der Waals surface area contributed by atoms with E-state index in [0.29, 0.717) is 5.75 Å². The summed E-state index contributed by atoms with van der Waals surface area (Å²) < 4.78 is 6.26. The zero-order valence-electron chi connectivity index (χ0n) is 16.3. The van der Waals surface area contributed by atoms with E-state index >= 15 is 0 Å². The molecule has 0 aliphatic rings. The van der Waals surface area contributed by atoms with Crippen LogP contribution >= 0.6 is 0 Å². The maximum atomic E-state index is 11.6. The molecule has 1 unspecified atom stereocenters. The third-order valence-electron chi connectivity index (χ3n) is 4.17. The number of benzene rings is 3. The van der Waals surface area contributed by atoms with Crippen LogP contribution in [-0.2, 0) is 0 Å². The maximum absolute atomic E-state index is 11.6. The Bertz CT molecular complexity index is 945. The predicted molar refractivity (Wildman–Crippen MR) is 112 cm³/mol. The molecular formula is C24H25NO3.